The van der Waals surface area contributed by atoms with Crippen LogP contribution in [0.4, 0.5) is 5.82 Å². The molecule has 0 bridgehead atoms. The Morgan fingerprint density at radius 3 is 2.75 bits per heavy atom. The fraction of sp³-hybridized carbons (Fsp3) is 0.400. The number of aromatic nitrogens is 1. The lowest BCUT2D eigenvalue weighted by Crippen LogP contribution is -2.37. The van der Waals surface area contributed by atoms with Gasteiger partial charge in [0, 0.05) is 25.8 Å². The fourth-order valence-electron chi connectivity index (χ4n) is 3.27. The maximum Gasteiger partial charge on any atom is 0.252 e. The first-order valence-electron chi connectivity index (χ1n) is 8.73. The van der Waals surface area contributed by atoms with E-state index in [9.17, 15) is 4.79 Å². The number of anilines is 1. The van der Waals surface area contributed by atoms with Gasteiger partial charge in [0.15, 0.2) is 0 Å². The van der Waals surface area contributed by atoms with Gasteiger partial charge in [0.05, 0.1) is 5.56 Å². The summed E-state index contributed by atoms with van der Waals surface area (Å²) in [4.78, 5) is 18.7. The number of hydrogen-bond donors (Lipinski definition) is 1. The Hall–Kier alpha value is -2.36. The zero-order valence-electron chi connectivity index (χ0n) is 14.5. The summed E-state index contributed by atoms with van der Waals surface area (Å²) < 4.78 is 0. The van der Waals surface area contributed by atoms with Gasteiger partial charge >= 0.3 is 0 Å². The molecule has 0 spiro atoms. The fourth-order valence-corrected chi connectivity index (χ4v) is 3.27. The van der Waals surface area contributed by atoms with Gasteiger partial charge in [-0.15, -0.1) is 0 Å². The molecule has 0 saturated carbocycles. The molecule has 0 fully saturated rings. The number of pyridine rings is 1. The molecule has 1 amide bonds. The minimum absolute atomic E-state index is 0.0508. The zero-order valence-corrected chi connectivity index (χ0v) is 14.5. The zero-order chi connectivity index (χ0) is 16.9. The Kier molecular flexibility index (Phi) is 5.14. The van der Waals surface area contributed by atoms with E-state index in [0.717, 1.165) is 31.5 Å². The Labute approximate surface area is 143 Å². The van der Waals surface area contributed by atoms with Crippen LogP contribution in [0.3, 0.4) is 0 Å². The Morgan fingerprint density at radius 1 is 1.25 bits per heavy atom. The lowest BCUT2D eigenvalue weighted by Gasteiger charge is -2.33. The van der Waals surface area contributed by atoms with Crippen molar-refractivity contribution in [2.45, 2.75) is 38.6 Å². The van der Waals surface area contributed by atoms with Gasteiger partial charge in [-0.25, -0.2) is 4.98 Å². The number of hydrogen-bond acceptors (Lipinski definition) is 3. The lowest BCUT2D eigenvalue weighted by atomic mass is 9.88. The average Bonchev–Trinajstić information content (AvgIpc) is 2.65. The van der Waals surface area contributed by atoms with Crippen LogP contribution in [-0.2, 0) is 12.8 Å². The van der Waals surface area contributed by atoms with Gasteiger partial charge in [-0.1, -0.05) is 31.2 Å². The quantitative estimate of drug-likeness (QED) is 0.919. The minimum atomic E-state index is -0.0508. The van der Waals surface area contributed by atoms with E-state index in [1.165, 1.54) is 11.1 Å². The van der Waals surface area contributed by atoms with Gasteiger partial charge < -0.3 is 10.2 Å². The summed E-state index contributed by atoms with van der Waals surface area (Å²) in [6.07, 6.45) is 5.90. The highest BCUT2D eigenvalue weighted by Gasteiger charge is 2.22. The van der Waals surface area contributed by atoms with Crippen LogP contribution in [0.1, 0.15) is 41.3 Å². The first kappa shape index (κ1) is 16.5. The molecule has 0 aliphatic heterocycles. The summed E-state index contributed by atoms with van der Waals surface area (Å²) in [5, 5.41) is 2.88. The number of carbonyl (C=O) groups is 1. The Morgan fingerprint density at radius 2 is 2.04 bits per heavy atom. The van der Waals surface area contributed by atoms with E-state index in [0.29, 0.717) is 18.2 Å². The molecule has 2 aromatic rings. The van der Waals surface area contributed by atoms with Crippen LogP contribution in [-0.4, -0.2) is 30.5 Å². The van der Waals surface area contributed by atoms with Gasteiger partial charge in [-0.2, -0.15) is 0 Å². The monoisotopic (exact) mass is 323 g/mol. The molecule has 126 valence electrons. The standard InChI is InChI=1S/C20H25N3O/c1-3-12-21-20(24)17-9-11-19(22-14-17)23(2)18-10-8-15-6-4-5-7-16(15)13-18/h4-7,9,11,14,18H,3,8,10,12-13H2,1-2H3,(H,21,24). The third-order valence-corrected chi connectivity index (χ3v) is 4.78. The largest absolute Gasteiger partial charge is 0.356 e. The van der Waals surface area contributed by atoms with Crippen molar-refractivity contribution >= 4 is 11.7 Å². The number of likely N-dealkylation sites (N-methyl/N-ethyl adjacent to an activating group) is 1. The molecular formula is C20H25N3O. The summed E-state index contributed by atoms with van der Waals surface area (Å²) in [6.45, 7) is 2.74. The smallest absolute Gasteiger partial charge is 0.252 e. The molecule has 1 atom stereocenters. The van der Waals surface area contributed by atoms with Crippen molar-refractivity contribution in [3.05, 3.63) is 59.3 Å². The molecule has 4 heteroatoms. The second-order valence-corrected chi connectivity index (χ2v) is 6.44. The van der Waals surface area contributed by atoms with Crippen LogP contribution in [0.25, 0.3) is 0 Å². The van der Waals surface area contributed by atoms with Crippen LogP contribution in [0.2, 0.25) is 0 Å². The number of aryl methyl sites for hydroxylation is 1. The van der Waals surface area contributed by atoms with Crippen molar-refractivity contribution in [3.8, 4) is 0 Å². The summed E-state index contributed by atoms with van der Waals surface area (Å²) >= 11 is 0. The maximum absolute atomic E-state index is 12.0. The van der Waals surface area contributed by atoms with Gasteiger partial charge in [-0.3, -0.25) is 4.79 Å². The van der Waals surface area contributed by atoms with E-state index < -0.39 is 0 Å². The lowest BCUT2D eigenvalue weighted by molar-refractivity contribution is 0.0953. The van der Waals surface area contributed by atoms with Crippen molar-refractivity contribution in [1.82, 2.24) is 10.3 Å². The molecule has 1 aliphatic carbocycles. The van der Waals surface area contributed by atoms with Gasteiger partial charge in [0.2, 0.25) is 0 Å². The number of fused-ring (bicyclic) bond motifs is 1. The molecule has 24 heavy (non-hydrogen) atoms. The van der Waals surface area contributed by atoms with Crippen molar-refractivity contribution < 1.29 is 4.79 Å². The first-order chi connectivity index (χ1) is 11.7. The van der Waals surface area contributed by atoms with Gasteiger partial charge in [0.25, 0.3) is 5.91 Å². The number of amides is 1. The van der Waals surface area contributed by atoms with E-state index in [2.05, 4.69) is 46.5 Å². The van der Waals surface area contributed by atoms with E-state index in [4.69, 9.17) is 0 Å². The molecule has 4 nitrogen and oxygen atoms in total. The summed E-state index contributed by atoms with van der Waals surface area (Å²) in [6, 6.07) is 12.9. The van der Waals surface area contributed by atoms with E-state index in [-0.39, 0.29) is 5.91 Å². The number of carbonyl (C=O) groups excluding carboxylic acids is 1. The Balaban J connectivity index is 1.67. The minimum Gasteiger partial charge on any atom is -0.356 e. The third-order valence-electron chi connectivity index (χ3n) is 4.78. The third kappa shape index (κ3) is 3.58. The van der Waals surface area contributed by atoms with Crippen LogP contribution < -0.4 is 10.2 Å². The van der Waals surface area contributed by atoms with Crippen molar-refractivity contribution in [1.29, 1.82) is 0 Å². The molecule has 3 rings (SSSR count). The number of nitrogens with zero attached hydrogens (tertiary/aromatic N) is 2. The molecule has 1 heterocycles. The maximum atomic E-state index is 12.0. The number of rotatable bonds is 5. The molecule has 1 unspecified atom stereocenters. The van der Waals surface area contributed by atoms with Gasteiger partial charge in [-0.05, 0) is 48.9 Å². The Bertz CT molecular complexity index is 696. The molecule has 0 radical (unpaired) electrons. The van der Waals surface area contributed by atoms with Crippen LogP contribution in [0.5, 0.6) is 0 Å². The van der Waals surface area contributed by atoms with Gasteiger partial charge in [0.1, 0.15) is 5.82 Å². The molecule has 0 saturated heterocycles. The van der Waals surface area contributed by atoms with E-state index in [1.54, 1.807) is 6.20 Å². The normalized spacial score (nSPS) is 16.3. The van der Waals surface area contributed by atoms with Crippen LogP contribution >= 0.6 is 0 Å². The van der Waals surface area contributed by atoms with E-state index in [1.807, 2.05) is 19.1 Å². The highest BCUT2D eigenvalue weighted by atomic mass is 16.1. The van der Waals surface area contributed by atoms with Crippen LogP contribution in [0.15, 0.2) is 42.6 Å². The van der Waals surface area contributed by atoms with Crippen LogP contribution in [0, 0.1) is 0 Å². The van der Waals surface area contributed by atoms with E-state index >= 15 is 0 Å². The summed E-state index contributed by atoms with van der Waals surface area (Å²) in [5.41, 5.74) is 3.53. The number of nitrogens with one attached hydrogen (secondary N) is 1. The second-order valence-electron chi connectivity index (χ2n) is 6.44. The predicted molar refractivity (Wildman–Crippen MR) is 97.5 cm³/mol. The average molecular weight is 323 g/mol. The van der Waals surface area contributed by atoms with Crippen molar-refractivity contribution in [3.63, 3.8) is 0 Å². The molecule has 1 aliphatic rings. The summed E-state index contributed by atoms with van der Waals surface area (Å²) in [5.74, 6) is 0.872. The summed E-state index contributed by atoms with van der Waals surface area (Å²) in [7, 11) is 2.10. The van der Waals surface area contributed by atoms with Crippen molar-refractivity contribution in [2.24, 2.45) is 0 Å². The molecule has 1 aromatic carbocycles. The van der Waals surface area contributed by atoms with Crippen molar-refractivity contribution in [2.75, 3.05) is 18.5 Å². The second kappa shape index (κ2) is 7.47. The molecular weight excluding hydrogens is 298 g/mol. The number of benzene rings is 1. The molecule has 1 N–H and O–H groups in total. The predicted octanol–water partition coefficient (Wildman–Crippen LogP) is 3.22. The highest BCUT2D eigenvalue weighted by molar-refractivity contribution is 5.94. The SMILES string of the molecule is CCCNC(=O)c1ccc(N(C)C2CCc3ccccc3C2)nc1. The highest BCUT2D eigenvalue weighted by Crippen LogP contribution is 2.26. The molecule has 1 aromatic heterocycles. The topological polar surface area (TPSA) is 45.2 Å². The first-order valence-corrected chi connectivity index (χ1v) is 8.73.